The largest absolute Gasteiger partial charge is 0.382 e. The van der Waals surface area contributed by atoms with Crippen LogP contribution in [0.2, 0.25) is 0 Å². The Labute approximate surface area is 106 Å². The molecule has 0 atom stereocenters. The predicted molar refractivity (Wildman–Crippen MR) is 74.4 cm³/mol. The van der Waals surface area contributed by atoms with Crippen LogP contribution in [0.25, 0.3) is 10.9 Å². The third-order valence-electron chi connectivity index (χ3n) is 3.20. The monoisotopic (exact) mass is 237 g/mol. The van der Waals surface area contributed by atoms with Gasteiger partial charge >= 0.3 is 0 Å². The number of nitrogens with zero attached hydrogens (tertiary/aromatic N) is 1. The van der Waals surface area contributed by atoms with E-state index in [0.29, 0.717) is 5.82 Å². The van der Waals surface area contributed by atoms with Crippen molar-refractivity contribution < 1.29 is 0 Å². The van der Waals surface area contributed by atoms with E-state index < -0.39 is 0 Å². The van der Waals surface area contributed by atoms with Gasteiger partial charge in [0.1, 0.15) is 0 Å². The molecule has 0 saturated carbocycles. The molecule has 3 nitrogen and oxygen atoms in total. The molecule has 0 amide bonds. The van der Waals surface area contributed by atoms with Gasteiger partial charge in [-0.2, -0.15) is 5.10 Å². The quantitative estimate of drug-likeness (QED) is 0.736. The van der Waals surface area contributed by atoms with Gasteiger partial charge in [0, 0.05) is 5.39 Å². The number of hydrogen-bond donors (Lipinski definition) is 2. The third-order valence-corrected chi connectivity index (χ3v) is 3.20. The highest BCUT2D eigenvalue weighted by atomic mass is 15.1. The van der Waals surface area contributed by atoms with Crippen molar-refractivity contribution in [2.75, 3.05) is 5.73 Å². The van der Waals surface area contributed by atoms with Crippen LogP contribution in [0.5, 0.6) is 0 Å². The topological polar surface area (TPSA) is 54.7 Å². The second-order valence-electron chi connectivity index (χ2n) is 4.47. The molecular formula is C15H15N3. The third kappa shape index (κ3) is 2.07. The summed E-state index contributed by atoms with van der Waals surface area (Å²) in [6.45, 7) is 0. The minimum absolute atomic E-state index is 0.576. The molecule has 2 aromatic carbocycles. The van der Waals surface area contributed by atoms with Gasteiger partial charge in [0.2, 0.25) is 0 Å². The van der Waals surface area contributed by atoms with E-state index in [1.54, 1.807) is 0 Å². The minimum Gasteiger partial charge on any atom is -0.382 e. The van der Waals surface area contributed by atoms with Crippen LogP contribution in [0, 0.1) is 0 Å². The second kappa shape index (κ2) is 4.53. The smallest absolute Gasteiger partial charge is 0.153 e. The van der Waals surface area contributed by atoms with Gasteiger partial charge in [-0.1, -0.05) is 36.4 Å². The van der Waals surface area contributed by atoms with Gasteiger partial charge in [0.25, 0.3) is 0 Å². The van der Waals surface area contributed by atoms with Crippen LogP contribution in [0.15, 0.2) is 48.5 Å². The number of rotatable bonds is 3. The molecule has 18 heavy (non-hydrogen) atoms. The molecule has 0 aliphatic rings. The lowest BCUT2D eigenvalue weighted by atomic mass is 10.0. The van der Waals surface area contributed by atoms with E-state index in [1.165, 1.54) is 11.1 Å². The van der Waals surface area contributed by atoms with E-state index in [-0.39, 0.29) is 0 Å². The number of hydrogen-bond acceptors (Lipinski definition) is 2. The fourth-order valence-electron chi connectivity index (χ4n) is 2.17. The molecular weight excluding hydrogens is 222 g/mol. The van der Waals surface area contributed by atoms with Gasteiger partial charge in [-0.05, 0) is 36.1 Å². The molecule has 0 spiro atoms. The normalized spacial score (nSPS) is 10.9. The van der Waals surface area contributed by atoms with Crippen LogP contribution in [0.3, 0.4) is 0 Å². The zero-order chi connectivity index (χ0) is 12.4. The Kier molecular flexibility index (Phi) is 2.73. The van der Waals surface area contributed by atoms with Gasteiger partial charge in [-0.3, -0.25) is 5.10 Å². The number of aromatic amines is 1. The highest BCUT2D eigenvalue weighted by Crippen LogP contribution is 2.20. The summed E-state index contributed by atoms with van der Waals surface area (Å²) < 4.78 is 0. The summed E-state index contributed by atoms with van der Waals surface area (Å²) in [6.07, 6.45) is 2.06. The molecule has 0 saturated heterocycles. The number of aromatic nitrogens is 2. The fourth-order valence-corrected chi connectivity index (χ4v) is 2.17. The maximum Gasteiger partial charge on any atom is 0.153 e. The molecule has 0 unspecified atom stereocenters. The summed E-state index contributed by atoms with van der Waals surface area (Å²) >= 11 is 0. The van der Waals surface area contributed by atoms with Crippen molar-refractivity contribution in [3.05, 3.63) is 59.7 Å². The van der Waals surface area contributed by atoms with Crippen LogP contribution in [0.4, 0.5) is 5.82 Å². The summed E-state index contributed by atoms with van der Waals surface area (Å²) in [5, 5.41) is 7.94. The number of aryl methyl sites for hydroxylation is 2. The zero-order valence-electron chi connectivity index (χ0n) is 10.1. The highest BCUT2D eigenvalue weighted by molar-refractivity contribution is 5.88. The van der Waals surface area contributed by atoms with Gasteiger partial charge in [0.05, 0.1) is 5.52 Å². The Morgan fingerprint density at radius 3 is 2.56 bits per heavy atom. The van der Waals surface area contributed by atoms with Crippen molar-refractivity contribution in [2.45, 2.75) is 12.8 Å². The first-order chi connectivity index (χ1) is 8.83. The molecule has 0 fully saturated rings. The number of fused-ring (bicyclic) bond motifs is 1. The van der Waals surface area contributed by atoms with Crippen LogP contribution in [-0.4, -0.2) is 10.2 Å². The van der Waals surface area contributed by atoms with E-state index in [0.717, 1.165) is 23.7 Å². The second-order valence-corrected chi connectivity index (χ2v) is 4.47. The molecule has 1 aromatic heterocycles. The van der Waals surface area contributed by atoms with Gasteiger partial charge in [-0.15, -0.1) is 0 Å². The SMILES string of the molecule is Nc1n[nH]c2ccc(CCc3ccccc3)cc12. The lowest BCUT2D eigenvalue weighted by Crippen LogP contribution is -1.91. The molecule has 90 valence electrons. The lowest BCUT2D eigenvalue weighted by molar-refractivity contribution is 0.962. The summed E-state index contributed by atoms with van der Waals surface area (Å²) in [4.78, 5) is 0. The lowest BCUT2D eigenvalue weighted by Gasteiger charge is -2.02. The van der Waals surface area contributed by atoms with Gasteiger partial charge in [-0.25, -0.2) is 0 Å². The van der Waals surface area contributed by atoms with Crippen LogP contribution < -0.4 is 5.73 Å². The predicted octanol–water partition coefficient (Wildman–Crippen LogP) is 2.93. The Morgan fingerprint density at radius 1 is 0.944 bits per heavy atom. The first-order valence-electron chi connectivity index (χ1n) is 6.09. The molecule has 0 bridgehead atoms. The number of benzene rings is 2. The van der Waals surface area contributed by atoms with Crippen molar-refractivity contribution in [1.29, 1.82) is 0 Å². The van der Waals surface area contributed by atoms with E-state index in [2.05, 4.69) is 46.6 Å². The number of nitrogens with one attached hydrogen (secondary N) is 1. The summed E-state index contributed by atoms with van der Waals surface area (Å²) in [5.74, 6) is 0.576. The van der Waals surface area contributed by atoms with Crippen LogP contribution in [0.1, 0.15) is 11.1 Å². The number of H-pyrrole nitrogens is 1. The Bertz CT molecular complexity index is 656. The van der Waals surface area contributed by atoms with Crippen molar-refractivity contribution >= 4 is 16.7 Å². The summed E-state index contributed by atoms with van der Waals surface area (Å²) in [5.41, 5.74) is 9.46. The Hall–Kier alpha value is -2.29. The molecule has 0 aliphatic carbocycles. The first-order valence-corrected chi connectivity index (χ1v) is 6.09. The van der Waals surface area contributed by atoms with E-state index in [9.17, 15) is 0 Å². The molecule has 3 heteroatoms. The van der Waals surface area contributed by atoms with Crippen LogP contribution >= 0.6 is 0 Å². The Balaban J connectivity index is 1.80. The average Bonchev–Trinajstić information content (AvgIpc) is 2.79. The zero-order valence-corrected chi connectivity index (χ0v) is 10.1. The summed E-state index contributed by atoms with van der Waals surface area (Å²) in [7, 11) is 0. The maximum absolute atomic E-state index is 5.81. The highest BCUT2D eigenvalue weighted by Gasteiger charge is 2.03. The van der Waals surface area contributed by atoms with E-state index in [4.69, 9.17) is 5.73 Å². The minimum atomic E-state index is 0.576. The molecule has 1 heterocycles. The van der Waals surface area contributed by atoms with E-state index in [1.807, 2.05) is 12.1 Å². The van der Waals surface area contributed by atoms with Crippen molar-refractivity contribution in [2.24, 2.45) is 0 Å². The number of nitrogens with two attached hydrogens (primary N) is 1. The van der Waals surface area contributed by atoms with Gasteiger partial charge < -0.3 is 5.73 Å². The van der Waals surface area contributed by atoms with Crippen molar-refractivity contribution in [3.8, 4) is 0 Å². The summed E-state index contributed by atoms with van der Waals surface area (Å²) in [6, 6.07) is 16.8. The molecule has 0 aliphatic heterocycles. The fraction of sp³-hybridized carbons (Fsp3) is 0.133. The van der Waals surface area contributed by atoms with Crippen molar-refractivity contribution in [1.82, 2.24) is 10.2 Å². The van der Waals surface area contributed by atoms with E-state index >= 15 is 0 Å². The molecule has 3 aromatic rings. The Morgan fingerprint density at radius 2 is 1.72 bits per heavy atom. The maximum atomic E-state index is 5.81. The molecule has 3 rings (SSSR count). The first kappa shape index (κ1) is 10.8. The van der Waals surface area contributed by atoms with Crippen LogP contribution in [-0.2, 0) is 12.8 Å². The van der Waals surface area contributed by atoms with Gasteiger partial charge in [0.15, 0.2) is 5.82 Å². The number of anilines is 1. The molecule has 3 N–H and O–H groups in total. The standard InChI is InChI=1S/C15H15N3/c16-15-13-10-12(8-9-14(13)17-18-15)7-6-11-4-2-1-3-5-11/h1-5,8-10H,6-7H2,(H3,16,17,18). The number of nitrogen functional groups attached to an aromatic ring is 1. The van der Waals surface area contributed by atoms with Crippen molar-refractivity contribution in [3.63, 3.8) is 0 Å². The average molecular weight is 237 g/mol. The molecule has 0 radical (unpaired) electrons.